The predicted molar refractivity (Wildman–Crippen MR) is 154 cm³/mol. The van der Waals surface area contributed by atoms with Crippen LogP contribution in [0.3, 0.4) is 0 Å². The molecule has 5 rings (SSSR count). The summed E-state index contributed by atoms with van der Waals surface area (Å²) in [5.41, 5.74) is 3.51. The zero-order chi connectivity index (χ0) is 30.0. The van der Waals surface area contributed by atoms with Crippen molar-refractivity contribution in [2.45, 2.75) is 45.6 Å². The second-order valence-corrected chi connectivity index (χ2v) is 10.5. The molecule has 7 nitrogen and oxygen atoms in total. The Kier molecular flexibility index (Phi) is 8.49. The number of fused-ring (bicyclic) bond motifs is 1. The maximum Gasteiger partial charge on any atom is 0.573 e. The van der Waals surface area contributed by atoms with Gasteiger partial charge in [-0.05, 0) is 60.9 Å². The number of aryl methyl sites for hydroxylation is 1. The smallest absolute Gasteiger partial charge is 0.406 e. The molecular weight excluding hydrogens is 574 g/mol. The van der Waals surface area contributed by atoms with Crippen molar-refractivity contribution in [1.29, 1.82) is 0 Å². The van der Waals surface area contributed by atoms with Gasteiger partial charge in [-0.15, -0.1) is 13.2 Å². The molecule has 1 fully saturated rings. The van der Waals surface area contributed by atoms with Crippen LogP contribution in [-0.4, -0.2) is 47.3 Å². The number of anilines is 2. The van der Waals surface area contributed by atoms with Gasteiger partial charge in [-0.3, -0.25) is 9.20 Å². The van der Waals surface area contributed by atoms with Gasteiger partial charge in [0.2, 0.25) is 0 Å². The van der Waals surface area contributed by atoms with Crippen LogP contribution in [0.15, 0.2) is 60.8 Å². The minimum absolute atomic E-state index is 0.0274. The Hall–Kier alpha value is -3.99. The largest absolute Gasteiger partial charge is 0.573 e. The first-order valence-electron chi connectivity index (χ1n) is 13.7. The number of hydrogen-bond acceptors (Lipinski definition) is 5. The number of piperazine rings is 1. The van der Waals surface area contributed by atoms with Crippen LogP contribution in [0.5, 0.6) is 5.75 Å². The van der Waals surface area contributed by atoms with Crippen LogP contribution in [0.2, 0.25) is 5.02 Å². The summed E-state index contributed by atoms with van der Waals surface area (Å²) in [4.78, 5) is 21.7. The number of amides is 1. The van der Waals surface area contributed by atoms with E-state index in [1.807, 2.05) is 18.7 Å². The first-order chi connectivity index (χ1) is 20.1. The minimum Gasteiger partial charge on any atom is -0.406 e. The van der Waals surface area contributed by atoms with Gasteiger partial charge in [0, 0.05) is 55.2 Å². The Morgan fingerprint density at radius 1 is 1.10 bits per heavy atom. The Morgan fingerprint density at radius 3 is 2.52 bits per heavy atom. The Bertz CT molecular complexity index is 1570. The van der Waals surface area contributed by atoms with E-state index in [1.165, 1.54) is 18.2 Å². The number of ether oxygens (including phenoxy) is 1. The molecule has 12 heteroatoms. The molecule has 1 aliphatic rings. The highest BCUT2D eigenvalue weighted by molar-refractivity contribution is 6.30. The number of aromatic nitrogens is 2. The number of imidazole rings is 1. The summed E-state index contributed by atoms with van der Waals surface area (Å²) < 4.78 is 58.5. The number of benzene rings is 2. The lowest BCUT2D eigenvalue weighted by atomic mass is 10.1. The van der Waals surface area contributed by atoms with Crippen molar-refractivity contribution in [3.63, 3.8) is 0 Å². The maximum absolute atomic E-state index is 15.3. The molecule has 0 bridgehead atoms. The van der Waals surface area contributed by atoms with Crippen LogP contribution < -0.4 is 19.9 Å². The highest BCUT2D eigenvalue weighted by Gasteiger charge is 2.32. The highest BCUT2D eigenvalue weighted by atomic mass is 35.5. The first-order valence-corrected chi connectivity index (χ1v) is 14.0. The molecule has 1 amide bonds. The van der Waals surface area contributed by atoms with Crippen molar-refractivity contribution in [2.75, 3.05) is 29.4 Å². The summed E-state index contributed by atoms with van der Waals surface area (Å²) >= 11 is 6.07. The van der Waals surface area contributed by atoms with Crippen molar-refractivity contribution < 1.29 is 27.1 Å². The average Bonchev–Trinajstić information content (AvgIpc) is 3.33. The molecule has 1 saturated heterocycles. The van der Waals surface area contributed by atoms with E-state index in [2.05, 4.69) is 19.9 Å². The van der Waals surface area contributed by atoms with Crippen molar-refractivity contribution in [1.82, 2.24) is 14.7 Å². The van der Waals surface area contributed by atoms with Crippen LogP contribution >= 0.6 is 11.6 Å². The normalized spacial score (nSPS) is 15.7. The third-order valence-electron chi connectivity index (χ3n) is 7.37. The van der Waals surface area contributed by atoms with E-state index in [-0.39, 0.29) is 24.2 Å². The number of carbonyl (C=O) groups is 1. The van der Waals surface area contributed by atoms with Gasteiger partial charge in [0.05, 0.1) is 11.4 Å². The number of pyridine rings is 1. The molecule has 3 heterocycles. The topological polar surface area (TPSA) is 62.1 Å². The van der Waals surface area contributed by atoms with Crippen molar-refractivity contribution >= 4 is 34.5 Å². The van der Waals surface area contributed by atoms with Crippen LogP contribution in [0, 0.1) is 5.82 Å². The molecule has 1 atom stereocenters. The average molecular weight is 604 g/mol. The number of carbonyl (C=O) groups excluding carboxylic acids is 1. The molecule has 0 radical (unpaired) electrons. The van der Waals surface area contributed by atoms with E-state index >= 15 is 4.39 Å². The molecule has 1 N–H and O–H groups in total. The van der Waals surface area contributed by atoms with E-state index in [0.717, 1.165) is 12.1 Å². The summed E-state index contributed by atoms with van der Waals surface area (Å²) in [5.74, 6) is -0.978. The summed E-state index contributed by atoms with van der Waals surface area (Å²) in [6, 6.07) is 14.2. The monoisotopic (exact) mass is 603 g/mol. The van der Waals surface area contributed by atoms with E-state index in [1.54, 1.807) is 47.0 Å². The number of halogens is 5. The predicted octanol–water partition coefficient (Wildman–Crippen LogP) is 6.62. The first kappa shape index (κ1) is 29.5. The van der Waals surface area contributed by atoms with Gasteiger partial charge < -0.3 is 19.9 Å². The quantitative estimate of drug-likeness (QED) is 0.229. The number of rotatable bonds is 8. The summed E-state index contributed by atoms with van der Waals surface area (Å²) in [6.45, 7) is 5.72. The van der Waals surface area contributed by atoms with E-state index in [0.29, 0.717) is 59.4 Å². The third kappa shape index (κ3) is 6.41. The second-order valence-electron chi connectivity index (χ2n) is 10.0. The van der Waals surface area contributed by atoms with Crippen LogP contribution in [0.1, 0.15) is 42.0 Å². The van der Waals surface area contributed by atoms with Gasteiger partial charge in [-0.25, -0.2) is 9.37 Å². The fourth-order valence-electron chi connectivity index (χ4n) is 5.34. The lowest BCUT2D eigenvalue weighted by Gasteiger charge is -2.43. The van der Waals surface area contributed by atoms with Gasteiger partial charge in [-0.1, -0.05) is 31.5 Å². The van der Waals surface area contributed by atoms with E-state index < -0.39 is 12.2 Å². The molecule has 0 unspecified atom stereocenters. The molecule has 2 aromatic carbocycles. The van der Waals surface area contributed by atoms with Gasteiger partial charge in [0.25, 0.3) is 5.91 Å². The Labute approximate surface area is 245 Å². The Balaban J connectivity index is 1.24. The van der Waals surface area contributed by atoms with Gasteiger partial charge in [0.1, 0.15) is 22.9 Å². The van der Waals surface area contributed by atoms with E-state index in [9.17, 15) is 18.0 Å². The minimum atomic E-state index is -4.74. The van der Waals surface area contributed by atoms with Crippen molar-refractivity contribution in [3.8, 4) is 5.75 Å². The van der Waals surface area contributed by atoms with Gasteiger partial charge >= 0.3 is 6.36 Å². The molecule has 0 spiro atoms. The highest BCUT2D eigenvalue weighted by Crippen LogP contribution is 2.30. The molecular formula is C30H30ClF4N5O2. The number of alkyl halides is 3. The number of nitrogens with one attached hydrogen (secondary N) is 1. The summed E-state index contributed by atoms with van der Waals surface area (Å²) in [5, 5.41) is 3.40. The third-order valence-corrected chi connectivity index (χ3v) is 7.61. The summed E-state index contributed by atoms with van der Waals surface area (Å²) in [7, 11) is 0. The molecule has 0 aliphatic carbocycles. The van der Waals surface area contributed by atoms with Crippen LogP contribution in [-0.2, 0) is 13.0 Å². The molecule has 2 aromatic heterocycles. The van der Waals surface area contributed by atoms with Crippen molar-refractivity contribution in [3.05, 3.63) is 88.6 Å². The molecule has 222 valence electrons. The summed E-state index contributed by atoms with van der Waals surface area (Å²) in [6.07, 6.45) is -1.71. The van der Waals surface area contributed by atoms with Gasteiger partial charge in [0.15, 0.2) is 0 Å². The lowest BCUT2D eigenvalue weighted by molar-refractivity contribution is -0.274. The van der Waals surface area contributed by atoms with Crippen LogP contribution in [0.25, 0.3) is 5.65 Å². The molecule has 42 heavy (non-hydrogen) atoms. The van der Waals surface area contributed by atoms with Crippen LogP contribution in [0.4, 0.5) is 28.9 Å². The fraction of sp³-hybridized carbons (Fsp3) is 0.333. The van der Waals surface area contributed by atoms with Crippen molar-refractivity contribution in [2.24, 2.45) is 0 Å². The van der Waals surface area contributed by atoms with Gasteiger partial charge in [-0.2, -0.15) is 0 Å². The molecule has 4 aromatic rings. The zero-order valence-corrected chi connectivity index (χ0v) is 23.8. The lowest BCUT2D eigenvalue weighted by Crippen LogP contribution is -2.53. The fourth-order valence-corrected chi connectivity index (χ4v) is 5.50. The maximum atomic E-state index is 15.3. The molecule has 1 aliphatic heterocycles. The second kappa shape index (κ2) is 12.1. The standard InChI is InChI=1S/C30H30ClF4N5O2/c1-3-21-18-38(13-14-39(21)22-6-8-23(9-7-22)42-30(33,34)35)26-10-5-19(15-24(26)32)17-36-29(41)28-25(4-2)37-27-16-20(31)11-12-40(27)28/h5-12,15-16,21H,3-4,13-14,17-18H2,1-2H3,(H,36,41)/t21-/m0/s1. The van der Waals surface area contributed by atoms with E-state index in [4.69, 9.17) is 11.6 Å². The number of nitrogens with zero attached hydrogens (tertiary/aromatic N) is 4. The number of hydrogen-bond donors (Lipinski definition) is 1. The Morgan fingerprint density at radius 2 is 1.86 bits per heavy atom. The molecule has 0 saturated carbocycles. The zero-order valence-electron chi connectivity index (χ0n) is 23.1. The SMILES string of the molecule is CCc1nc2cc(Cl)ccn2c1C(=O)NCc1ccc(N2CCN(c3ccc(OC(F)(F)F)cc3)[C@@H](CC)C2)c(F)c1.